The Labute approximate surface area is 196 Å². The van der Waals surface area contributed by atoms with Gasteiger partial charge < -0.3 is 0 Å². The SMILES string of the molecule is Cc1cc(C(=C(c2cc(C)sc2C)c2cc(C)sc2C)c2cc(C)sc2C)c(C)s1. The molecule has 0 aliphatic rings. The van der Waals surface area contributed by atoms with E-state index in [1.807, 2.05) is 45.3 Å². The molecule has 0 unspecified atom stereocenters. The molecule has 0 radical (unpaired) electrons. The van der Waals surface area contributed by atoms with Crippen molar-refractivity contribution in [2.24, 2.45) is 0 Å². The highest BCUT2D eigenvalue weighted by Gasteiger charge is 2.25. The molecule has 4 heterocycles. The van der Waals surface area contributed by atoms with Crippen LogP contribution in [0.3, 0.4) is 0 Å². The molecule has 4 heteroatoms. The zero-order valence-corrected chi connectivity index (χ0v) is 22.2. The van der Waals surface area contributed by atoms with Crippen molar-refractivity contribution in [3.8, 4) is 0 Å². The van der Waals surface area contributed by atoms with Crippen LogP contribution in [0.1, 0.15) is 61.3 Å². The average molecular weight is 469 g/mol. The van der Waals surface area contributed by atoms with Gasteiger partial charge in [0.25, 0.3) is 0 Å². The van der Waals surface area contributed by atoms with E-state index in [4.69, 9.17) is 0 Å². The molecule has 0 amide bonds. The standard InChI is InChI=1S/C26H28S4/c1-13-9-21(17(5)27-13)25(22-10-14(2)28-18(22)6)26(23-11-15(3)29-19(23)7)24-12-16(4)30-20(24)8/h9-12H,1-8H3. The Hall–Kier alpha value is -1.46. The van der Waals surface area contributed by atoms with Gasteiger partial charge in [-0.05, 0) is 113 Å². The summed E-state index contributed by atoms with van der Waals surface area (Å²) in [5.74, 6) is 0. The van der Waals surface area contributed by atoms with Crippen LogP contribution in [-0.4, -0.2) is 0 Å². The fraction of sp³-hybridized carbons (Fsp3) is 0.308. The summed E-state index contributed by atoms with van der Waals surface area (Å²) in [6.45, 7) is 18.0. The fourth-order valence-electron chi connectivity index (χ4n) is 4.34. The van der Waals surface area contributed by atoms with Gasteiger partial charge in [0.05, 0.1) is 0 Å². The normalized spacial score (nSPS) is 11.3. The number of hydrogen-bond acceptors (Lipinski definition) is 4. The van der Waals surface area contributed by atoms with Crippen LogP contribution in [0.5, 0.6) is 0 Å². The topological polar surface area (TPSA) is 0 Å². The second-order valence-electron chi connectivity index (χ2n) is 8.06. The van der Waals surface area contributed by atoms with Gasteiger partial charge >= 0.3 is 0 Å². The zero-order valence-electron chi connectivity index (χ0n) is 18.9. The van der Waals surface area contributed by atoms with Crippen LogP contribution in [-0.2, 0) is 0 Å². The van der Waals surface area contributed by atoms with E-state index >= 15 is 0 Å². The molecule has 4 aromatic rings. The maximum atomic E-state index is 2.39. The van der Waals surface area contributed by atoms with E-state index < -0.39 is 0 Å². The third-order valence-electron chi connectivity index (χ3n) is 5.49. The molecule has 156 valence electrons. The number of rotatable bonds is 4. The summed E-state index contributed by atoms with van der Waals surface area (Å²) in [6.07, 6.45) is 0. The van der Waals surface area contributed by atoms with Crippen LogP contribution < -0.4 is 0 Å². The van der Waals surface area contributed by atoms with Crippen LogP contribution >= 0.6 is 45.3 Å². The first-order valence-corrected chi connectivity index (χ1v) is 13.5. The van der Waals surface area contributed by atoms with E-state index in [9.17, 15) is 0 Å². The minimum atomic E-state index is 1.38. The molecule has 0 bridgehead atoms. The molecular weight excluding hydrogens is 441 g/mol. The monoisotopic (exact) mass is 468 g/mol. The lowest BCUT2D eigenvalue weighted by molar-refractivity contribution is 1.44. The largest absolute Gasteiger partial charge is 0.145 e. The number of aryl methyl sites for hydroxylation is 8. The molecule has 0 aromatic carbocycles. The van der Waals surface area contributed by atoms with E-state index in [-0.39, 0.29) is 0 Å². The maximum Gasteiger partial charge on any atom is 0.00958 e. The van der Waals surface area contributed by atoms with Crippen LogP contribution in [0.25, 0.3) is 11.1 Å². The summed E-state index contributed by atoms with van der Waals surface area (Å²) in [5, 5.41) is 0. The van der Waals surface area contributed by atoms with Crippen molar-refractivity contribution >= 4 is 56.5 Å². The summed E-state index contributed by atoms with van der Waals surface area (Å²) in [5.41, 5.74) is 8.36. The molecule has 0 nitrogen and oxygen atoms in total. The van der Waals surface area contributed by atoms with Crippen molar-refractivity contribution in [3.05, 3.63) is 85.5 Å². The molecule has 0 spiro atoms. The van der Waals surface area contributed by atoms with Gasteiger partial charge in [0.15, 0.2) is 0 Å². The van der Waals surface area contributed by atoms with E-state index in [0.29, 0.717) is 0 Å². The third-order valence-corrected chi connectivity index (χ3v) is 9.35. The van der Waals surface area contributed by atoms with E-state index in [0.717, 1.165) is 0 Å². The second kappa shape index (κ2) is 8.23. The lowest BCUT2D eigenvalue weighted by Crippen LogP contribution is -1.98. The van der Waals surface area contributed by atoms with Gasteiger partial charge in [-0.15, -0.1) is 45.3 Å². The Morgan fingerprint density at radius 3 is 0.733 bits per heavy atom. The van der Waals surface area contributed by atoms with Gasteiger partial charge in [0.1, 0.15) is 0 Å². The molecule has 0 fully saturated rings. The average Bonchev–Trinajstić information content (AvgIpc) is 3.34. The van der Waals surface area contributed by atoms with E-state index in [1.165, 1.54) is 72.4 Å². The third kappa shape index (κ3) is 3.91. The molecule has 0 aliphatic heterocycles. The predicted molar refractivity (Wildman–Crippen MR) is 140 cm³/mol. The van der Waals surface area contributed by atoms with E-state index in [2.05, 4.69) is 79.7 Å². The minimum absolute atomic E-state index is 1.38. The highest BCUT2D eigenvalue weighted by Crippen LogP contribution is 2.46. The van der Waals surface area contributed by atoms with Crippen LogP contribution in [0, 0.1) is 55.4 Å². The maximum absolute atomic E-state index is 2.39. The summed E-state index contributed by atoms with van der Waals surface area (Å²) in [6, 6.07) is 9.57. The Morgan fingerprint density at radius 1 is 0.400 bits per heavy atom. The van der Waals surface area contributed by atoms with Crippen molar-refractivity contribution in [2.45, 2.75) is 55.4 Å². The first kappa shape index (κ1) is 21.8. The van der Waals surface area contributed by atoms with Gasteiger partial charge in [-0.1, -0.05) is 0 Å². The minimum Gasteiger partial charge on any atom is -0.145 e. The summed E-state index contributed by atoms with van der Waals surface area (Å²) < 4.78 is 0. The lowest BCUT2D eigenvalue weighted by Gasteiger charge is -2.17. The van der Waals surface area contributed by atoms with Crippen LogP contribution in [0.4, 0.5) is 0 Å². The van der Waals surface area contributed by atoms with Crippen molar-refractivity contribution in [2.75, 3.05) is 0 Å². The van der Waals surface area contributed by atoms with E-state index in [1.54, 1.807) is 0 Å². The first-order valence-electron chi connectivity index (χ1n) is 10.2. The highest BCUT2D eigenvalue weighted by molar-refractivity contribution is 7.13. The molecule has 0 atom stereocenters. The Bertz CT molecular complexity index is 1070. The Morgan fingerprint density at radius 2 is 0.600 bits per heavy atom. The van der Waals surface area contributed by atoms with Crippen molar-refractivity contribution in [1.29, 1.82) is 0 Å². The zero-order chi connectivity index (χ0) is 21.7. The molecular formula is C26H28S4. The second-order valence-corrected chi connectivity index (χ2v) is 13.9. The fourth-order valence-corrected chi connectivity index (χ4v) is 8.07. The van der Waals surface area contributed by atoms with Gasteiger partial charge in [-0.2, -0.15) is 0 Å². The predicted octanol–water partition coefficient (Wildman–Crippen LogP) is 9.41. The van der Waals surface area contributed by atoms with Crippen molar-refractivity contribution in [1.82, 2.24) is 0 Å². The summed E-state index contributed by atoms with van der Waals surface area (Å²) in [7, 11) is 0. The molecule has 0 aliphatic carbocycles. The van der Waals surface area contributed by atoms with Gasteiger partial charge in [-0.3, -0.25) is 0 Å². The Balaban J connectivity index is 2.21. The smallest absolute Gasteiger partial charge is 0.00958 e. The number of hydrogen-bond donors (Lipinski definition) is 0. The highest BCUT2D eigenvalue weighted by atomic mass is 32.1. The van der Waals surface area contributed by atoms with Crippen molar-refractivity contribution < 1.29 is 0 Å². The van der Waals surface area contributed by atoms with Crippen LogP contribution in [0.2, 0.25) is 0 Å². The lowest BCUT2D eigenvalue weighted by atomic mass is 9.86. The molecule has 0 saturated carbocycles. The quantitative estimate of drug-likeness (QED) is 0.280. The van der Waals surface area contributed by atoms with Crippen LogP contribution in [0.15, 0.2) is 24.3 Å². The molecule has 4 rings (SSSR count). The van der Waals surface area contributed by atoms with Gasteiger partial charge in [0, 0.05) is 39.0 Å². The van der Waals surface area contributed by atoms with Gasteiger partial charge in [0.2, 0.25) is 0 Å². The Kier molecular flexibility index (Phi) is 5.97. The van der Waals surface area contributed by atoms with Gasteiger partial charge in [-0.25, -0.2) is 0 Å². The van der Waals surface area contributed by atoms with Crippen molar-refractivity contribution in [3.63, 3.8) is 0 Å². The molecule has 4 aromatic heterocycles. The molecule has 30 heavy (non-hydrogen) atoms. The molecule has 0 saturated heterocycles. The first-order chi connectivity index (χ1) is 14.2. The summed E-state index contributed by atoms with van der Waals surface area (Å²) >= 11 is 7.62. The number of thiophene rings is 4. The summed E-state index contributed by atoms with van der Waals surface area (Å²) in [4.78, 5) is 11.1. The molecule has 0 N–H and O–H groups in total.